The van der Waals surface area contributed by atoms with E-state index in [9.17, 15) is 9.90 Å². The van der Waals surface area contributed by atoms with E-state index in [1.807, 2.05) is 7.05 Å². The molecule has 0 saturated carbocycles. The summed E-state index contributed by atoms with van der Waals surface area (Å²) in [5.41, 5.74) is 1.29. The molecule has 1 fully saturated rings. The Hall–Kier alpha value is -1.33. The molecule has 0 aliphatic carbocycles. The summed E-state index contributed by atoms with van der Waals surface area (Å²) >= 11 is 6.35. The van der Waals surface area contributed by atoms with Crippen LogP contribution in [-0.2, 0) is 24.8 Å². The van der Waals surface area contributed by atoms with Gasteiger partial charge in [0.05, 0.1) is 11.1 Å². The number of aryl methyl sites for hydroxylation is 2. The van der Waals surface area contributed by atoms with Crippen LogP contribution in [0.3, 0.4) is 0 Å². The number of aliphatic carboxylic acids is 1. The minimum atomic E-state index is -0.731. The van der Waals surface area contributed by atoms with Crippen LogP contribution in [-0.4, -0.2) is 38.8 Å². The molecular formula is C16H24ClN3O2. The molecule has 22 heavy (non-hydrogen) atoms. The number of likely N-dealkylation sites (tertiary alicyclic amines) is 1. The lowest BCUT2D eigenvalue weighted by atomic mass is 9.77. The standard InChI is InChI=1S/C16H24ClN3O2/c1-4-7-16(15(21)22)8-6-9-20(11-16)10-12-13(5-2)18-19(3)14(12)17/h4H,1,5-11H2,2-3H3,(H,21,22)/t16-/m1/s1. The van der Waals surface area contributed by atoms with Crippen molar-refractivity contribution in [2.45, 2.75) is 39.2 Å². The third-order valence-electron chi connectivity index (χ3n) is 4.51. The van der Waals surface area contributed by atoms with Crippen LogP contribution in [0.15, 0.2) is 12.7 Å². The highest BCUT2D eigenvalue weighted by atomic mass is 35.5. The highest BCUT2D eigenvalue weighted by Gasteiger charge is 2.41. The zero-order chi connectivity index (χ0) is 16.3. The van der Waals surface area contributed by atoms with E-state index >= 15 is 0 Å². The highest BCUT2D eigenvalue weighted by Crippen LogP contribution is 2.35. The number of piperidine rings is 1. The summed E-state index contributed by atoms with van der Waals surface area (Å²) in [5, 5.41) is 14.7. The maximum Gasteiger partial charge on any atom is 0.311 e. The Morgan fingerprint density at radius 2 is 2.32 bits per heavy atom. The van der Waals surface area contributed by atoms with Crippen LogP contribution < -0.4 is 0 Å². The Balaban J connectivity index is 2.20. The second-order valence-corrected chi connectivity index (χ2v) is 6.44. The molecule has 1 aromatic heterocycles. The van der Waals surface area contributed by atoms with Crippen molar-refractivity contribution < 1.29 is 9.90 Å². The minimum absolute atomic E-state index is 0.500. The van der Waals surface area contributed by atoms with E-state index in [0.717, 1.165) is 30.6 Å². The van der Waals surface area contributed by atoms with Crippen LogP contribution in [0.25, 0.3) is 0 Å². The molecule has 0 radical (unpaired) electrons. The van der Waals surface area contributed by atoms with Gasteiger partial charge in [0.1, 0.15) is 5.15 Å². The molecule has 1 aromatic rings. The van der Waals surface area contributed by atoms with Crippen LogP contribution in [0.2, 0.25) is 5.15 Å². The molecule has 1 aliphatic rings. The average molecular weight is 326 g/mol. The topological polar surface area (TPSA) is 58.4 Å². The van der Waals surface area contributed by atoms with E-state index in [1.54, 1.807) is 10.8 Å². The maximum absolute atomic E-state index is 11.7. The van der Waals surface area contributed by atoms with Gasteiger partial charge in [-0.1, -0.05) is 24.6 Å². The van der Waals surface area contributed by atoms with Gasteiger partial charge in [-0.2, -0.15) is 5.10 Å². The van der Waals surface area contributed by atoms with Crippen LogP contribution in [0, 0.1) is 5.41 Å². The van der Waals surface area contributed by atoms with E-state index in [-0.39, 0.29) is 0 Å². The molecule has 0 bridgehead atoms. The number of carboxylic acids is 1. The number of hydrogen-bond acceptors (Lipinski definition) is 3. The van der Waals surface area contributed by atoms with Crippen LogP contribution in [0.1, 0.15) is 37.4 Å². The minimum Gasteiger partial charge on any atom is -0.481 e. The summed E-state index contributed by atoms with van der Waals surface area (Å²) < 4.78 is 1.69. The maximum atomic E-state index is 11.7. The Labute approximate surface area is 136 Å². The zero-order valence-electron chi connectivity index (χ0n) is 13.3. The first-order valence-corrected chi connectivity index (χ1v) is 8.08. The SMILES string of the molecule is C=CC[C@@]1(C(=O)O)CCCN(Cc2c(CC)nn(C)c2Cl)C1. The van der Waals surface area contributed by atoms with Crippen molar-refractivity contribution >= 4 is 17.6 Å². The number of aromatic nitrogens is 2. The van der Waals surface area contributed by atoms with Crippen molar-refractivity contribution in [2.75, 3.05) is 13.1 Å². The predicted molar refractivity (Wildman–Crippen MR) is 87.0 cm³/mol. The predicted octanol–water partition coefficient (Wildman–Crippen LogP) is 2.88. The smallest absolute Gasteiger partial charge is 0.311 e. The Bertz CT molecular complexity index is 570. The molecule has 0 amide bonds. The number of allylic oxidation sites excluding steroid dienone is 1. The fraction of sp³-hybridized carbons (Fsp3) is 0.625. The van der Waals surface area contributed by atoms with Gasteiger partial charge in [-0.3, -0.25) is 14.4 Å². The first-order valence-electron chi connectivity index (χ1n) is 7.70. The van der Waals surface area contributed by atoms with Crippen molar-refractivity contribution in [1.82, 2.24) is 14.7 Å². The average Bonchev–Trinajstić information content (AvgIpc) is 2.75. The first-order chi connectivity index (χ1) is 10.4. The van der Waals surface area contributed by atoms with Gasteiger partial charge in [-0.15, -0.1) is 6.58 Å². The second kappa shape index (κ2) is 6.84. The number of nitrogens with zero attached hydrogens (tertiary/aromatic N) is 3. The summed E-state index contributed by atoms with van der Waals surface area (Å²) in [5.74, 6) is -0.731. The molecular weight excluding hydrogens is 302 g/mol. The zero-order valence-corrected chi connectivity index (χ0v) is 14.1. The molecule has 0 spiro atoms. The number of rotatable bonds is 6. The van der Waals surface area contributed by atoms with E-state index in [1.165, 1.54) is 0 Å². The lowest BCUT2D eigenvalue weighted by Crippen LogP contribution is -2.47. The molecule has 6 heteroatoms. The van der Waals surface area contributed by atoms with Gasteiger partial charge >= 0.3 is 5.97 Å². The Morgan fingerprint density at radius 3 is 2.91 bits per heavy atom. The molecule has 2 rings (SSSR count). The van der Waals surface area contributed by atoms with Gasteiger partial charge in [-0.25, -0.2) is 0 Å². The molecule has 5 nitrogen and oxygen atoms in total. The normalized spacial score (nSPS) is 22.7. The van der Waals surface area contributed by atoms with Gasteiger partial charge in [-0.05, 0) is 32.2 Å². The fourth-order valence-corrected chi connectivity index (χ4v) is 3.54. The van der Waals surface area contributed by atoms with E-state index in [2.05, 4.69) is 23.5 Å². The van der Waals surface area contributed by atoms with E-state index in [4.69, 9.17) is 11.6 Å². The number of carbonyl (C=O) groups is 1. The van der Waals surface area contributed by atoms with Crippen molar-refractivity contribution in [1.29, 1.82) is 0 Å². The molecule has 1 aliphatic heterocycles. The third kappa shape index (κ3) is 3.20. The number of carboxylic acid groups (broad SMARTS) is 1. The molecule has 0 unspecified atom stereocenters. The Morgan fingerprint density at radius 1 is 1.59 bits per heavy atom. The summed E-state index contributed by atoms with van der Waals surface area (Å²) in [6.07, 6.45) is 4.61. The molecule has 1 atom stereocenters. The van der Waals surface area contributed by atoms with Gasteiger partial charge in [0.2, 0.25) is 0 Å². The Kier molecular flexibility index (Phi) is 5.29. The summed E-state index contributed by atoms with van der Waals surface area (Å²) in [7, 11) is 1.83. The molecule has 122 valence electrons. The second-order valence-electron chi connectivity index (χ2n) is 6.09. The first kappa shape index (κ1) is 17.0. The third-order valence-corrected chi connectivity index (χ3v) is 4.99. The van der Waals surface area contributed by atoms with Crippen LogP contribution in [0.5, 0.6) is 0 Å². The van der Waals surface area contributed by atoms with Gasteiger partial charge < -0.3 is 5.11 Å². The summed E-state index contributed by atoms with van der Waals surface area (Å²) in [4.78, 5) is 13.9. The molecule has 2 heterocycles. The largest absolute Gasteiger partial charge is 0.481 e. The fourth-order valence-electron chi connectivity index (χ4n) is 3.33. The quantitative estimate of drug-likeness (QED) is 0.817. The number of halogens is 1. The van der Waals surface area contributed by atoms with Gasteiger partial charge in [0, 0.05) is 25.7 Å². The molecule has 1 N–H and O–H groups in total. The van der Waals surface area contributed by atoms with E-state index < -0.39 is 11.4 Å². The van der Waals surface area contributed by atoms with Crippen molar-refractivity contribution in [3.05, 3.63) is 29.1 Å². The van der Waals surface area contributed by atoms with Crippen molar-refractivity contribution in [2.24, 2.45) is 12.5 Å². The number of hydrogen-bond donors (Lipinski definition) is 1. The van der Waals surface area contributed by atoms with Crippen molar-refractivity contribution in [3.8, 4) is 0 Å². The van der Waals surface area contributed by atoms with E-state index in [0.29, 0.717) is 31.1 Å². The summed E-state index contributed by atoms with van der Waals surface area (Å²) in [6, 6.07) is 0. The van der Waals surface area contributed by atoms with Gasteiger partial charge in [0.15, 0.2) is 0 Å². The van der Waals surface area contributed by atoms with Crippen molar-refractivity contribution in [3.63, 3.8) is 0 Å². The highest BCUT2D eigenvalue weighted by molar-refractivity contribution is 6.30. The van der Waals surface area contributed by atoms with Gasteiger partial charge in [0.25, 0.3) is 0 Å². The molecule has 1 saturated heterocycles. The monoisotopic (exact) mass is 325 g/mol. The molecule has 0 aromatic carbocycles. The lowest BCUT2D eigenvalue weighted by molar-refractivity contribution is -0.152. The van der Waals surface area contributed by atoms with Crippen LogP contribution in [0.4, 0.5) is 0 Å². The summed E-state index contributed by atoms with van der Waals surface area (Å²) in [6.45, 7) is 7.85. The van der Waals surface area contributed by atoms with Crippen LogP contribution >= 0.6 is 11.6 Å². The lowest BCUT2D eigenvalue weighted by Gasteiger charge is -2.39.